The standard InChI is InChI=1S/C13H17NO3/c1-10-3-4-11(9-12(10)16-2)13(15)14-5-7-17-8-6-14/h3-4,9H,5-8H2,1-2H3. The van der Waals surface area contributed by atoms with Gasteiger partial charge in [-0.25, -0.2) is 0 Å². The van der Waals surface area contributed by atoms with Gasteiger partial charge in [-0.1, -0.05) is 6.07 Å². The molecule has 0 aliphatic carbocycles. The Morgan fingerprint density at radius 3 is 2.71 bits per heavy atom. The number of carbonyl (C=O) groups excluding carboxylic acids is 1. The van der Waals surface area contributed by atoms with Crippen molar-refractivity contribution in [3.63, 3.8) is 0 Å². The van der Waals surface area contributed by atoms with Crippen molar-refractivity contribution in [3.8, 4) is 5.75 Å². The number of nitrogens with zero attached hydrogens (tertiary/aromatic N) is 1. The van der Waals surface area contributed by atoms with Crippen LogP contribution in [-0.2, 0) is 4.74 Å². The topological polar surface area (TPSA) is 38.8 Å². The van der Waals surface area contributed by atoms with Crippen molar-refractivity contribution in [2.75, 3.05) is 33.4 Å². The Hall–Kier alpha value is -1.55. The number of hydrogen-bond acceptors (Lipinski definition) is 3. The Labute approximate surface area is 101 Å². The first-order chi connectivity index (χ1) is 8.22. The third-order valence-electron chi connectivity index (χ3n) is 2.95. The monoisotopic (exact) mass is 235 g/mol. The van der Waals surface area contributed by atoms with E-state index in [0.29, 0.717) is 31.9 Å². The summed E-state index contributed by atoms with van der Waals surface area (Å²) in [5, 5.41) is 0. The van der Waals surface area contributed by atoms with Crippen LogP contribution >= 0.6 is 0 Å². The summed E-state index contributed by atoms with van der Waals surface area (Å²) in [5.41, 5.74) is 1.71. The average molecular weight is 235 g/mol. The second-order valence-corrected chi connectivity index (χ2v) is 4.09. The molecule has 17 heavy (non-hydrogen) atoms. The summed E-state index contributed by atoms with van der Waals surface area (Å²) in [6, 6.07) is 5.55. The number of benzene rings is 1. The van der Waals surface area contributed by atoms with Crippen LogP contribution in [0.2, 0.25) is 0 Å². The average Bonchev–Trinajstić information content (AvgIpc) is 2.39. The lowest BCUT2D eigenvalue weighted by Crippen LogP contribution is -2.40. The van der Waals surface area contributed by atoms with Crippen molar-refractivity contribution >= 4 is 5.91 Å². The van der Waals surface area contributed by atoms with Crippen LogP contribution in [0.4, 0.5) is 0 Å². The van der Waals surface area contributed by atoms with E-state index in [1.807, 2.05) is 24.0 Å². The zero-order valence-corrected chi connectivity index (χ0v) is 10.2. The van der Waals surface area contributed by atoms with Crippen LogP contribution < -0.4 is 4.74 Å². The summed E-state index contributed by atoms with van der Waals surface area (Å²) < 4.78 is 10.5. The predicted octanol–water partition coefficient (Wildman–Crippen LogP) is 1.48. The first kappa shape index (κ1) is 11.9. The van der Waals surface area contributed by atoms with E-state index in [0.717, 1.165) is 11.3 Å². The molecule has 1 saturated heterocycles. The minimum absolute atomic E-state index is 0.0478. The number of morpholine rings is 1. The van der Waals surface area contributed by atoms with Crippen LogP contribution in [0.5, 0.6) is 5.75 Å². The molecule has 1 aliphatic heterocycles. The summed E-state index contributed by atoms with van der Waals surface area (Å²) in [6.45, 7) is 4.52. The van der Waals surface area contributed by atoms with Crippen LogP contribution in [0.1, 0.15) is 15.9 Å². The number of hydrogen-bond donors (Lipinski definition) is 0. The molecular weight excluding hydrogens is 218 g/mol. The number of carbonyl (C=O) groups is 1. The van der Waals surface area contributed by atoms with Gasteiger partial charge in [-0.3, -0.25) is 4.79 Å². The predicted molar refractivity (Wildman–Crippen MR) is 64.5 cm³/mol. The molecule has 0 N–H and O–H groups in total. The molecule has 0 bridgehead atoms. The van der Waals surface area contributed by atoms with Crippen LogP contribution in [0, 0.1) is 6.92 Å². The highest BCUT2D eigenvalue weighted by atomic mass is 16.5. The van der Waals surface area contributed by atoms with E-state index < -0.39 is 0 Å². The maximum atomic E-state index is 12.2. The molecule has 1 aliphatic rings. The lowest BCUT2D eigenvalue weighted by molar-refractivity contribution is 0.0302. The first-order valence-corrected chi connectivity index (χ1v) is 5.74. The van der Waals surface area contributed by atoms with Gasteiger partial charge in [0.1, 0.15) is 5.75 Å². The van der Waals surface area contributed by atoms with Gasteiger partial charge in [0.2, 0.25) is 0 Å². The van der Waals surface area contributed by atoms with Crippen LogP contribution in [0.3, 0.4) is 0 Å². The zero-order chi connectivity index (χ0) is 12.3. The largest absolute Gasteiger partial charge is 0.496 e. The minimum Gasteiger partial charge on any atom is -0.496 e. The number of methoxy groups -OCH3 is 1. The third kappa shape index (κ3) is 2.58. The highest BCUT2D eigenvalue weighted by molar-refractivity contribution is 5.94. The summed E-state index contributed by atoms with van der Waals surface area (Å²) in [5.74, 6) is 0.802. The lowest BCUT2D eigenvalue weighted by Gasteiger charge is -2.27. The molecule has 0 atom stereocenters. The second-order valence-electron chi connectivity index (χ2n) is 4.09. The van der Waals surface area contributed by atoms with Gasteiger partial charge in [-0.05, 0) is 24.6 Å². The van der Waals surface area contributed by atoms with Gasteiger partial charge in [-0.2, -0.15) is 0 Å². The fourth-order valence-corrected chi connectivity index (χ4v) is 1.90. The molecule has 4 heteroatoms. The third-order valence-corrected chi connectivity index (χ3v) is 2.95. The van der Waals surface area contributed by atoms with Gasteiger partial charge in [0, 0.05) is 18.7 Å². The maximum absolute atomic E-state index is 12.2. The number of rotatable bonds is 2. The molecule has 2 rings (SSSR count). The van der Waals surface area contributed by atoms with Gasteiger partial charge < -0.3 is 14.4 Å². The van der Waals surface area contributed by atoms with Crippen molar-refractivity contribution in [3.05, 3.63) is 29.3 Å². The van der Waals surface area contributed by atoms with E-state index in [-0.39, 0.29) is 5.91 Å². The van der Waals surface area contributed by atoms with E-state index in [9.17, 15) is 4.79 Å². The van der Waals surface area contributed by atoms with Crippen molar-refractivity contribution in [2.24, 2.45) is 0 Å². The Morgan fingerprint density at radius 1 is 1.35 bits per heavy atom. The second kappa shape index (κ2) is 5.19. The quantitative estimate of drug-likeness (QED) is 0.779. The Balaban J connectivity index is 2.18. The smallest absolute Gasteiger partial charge is 0.254 e. The highest BCUT2D eigenvalue weighted by Crippen LogP contribution is 2.20. The highest BCUT2D eigenvalue weighted by Gasteiger charge is 2.19. The zero-order valence-electron chi connectivity index (χ0n) is 10.2. The number of amides is 1. The molecule has 1 fully saturated rings. The van der Waals surface area contributed by atoms with Gasteiger partial charge >= 0.3 is 0 Å². The van der Waals surface area contributed by atoms with Crippen molar-refractivity contribution in [2.45, 2.75) is 6.92 Å². The fourth-order valence-electron chi connectivity index (χ4n) is 1.90. The number of aryl methyl sites for hydroxylation is 1. The van der Waals surface area contributed by atoms with E-state index in [1.54, 1.807) is 13.2 Å². The Bertz CT molecular complexity index is 411. The number of ether oxygens (including phenoxy) is 2. The maximum Gasteiger partial charge on any atom is 0.254 e. The van der Waals surface area contributed by atoms with Crippen LogP contribution in [-0.4, -0.2) is 44.2 Å². The molecule has 0 saturated carbocycles. The van der Waals surface area contributed by atoms with Crippen molar-refractivity contribution in [1.82, 2.24) is 4.90 Å². The van der Waals surface area contributed by atoms with Gasteiger partial charge in [0.15, 0.2) is 0 Å². The fraction of sp³-hybridized carbons (Fsp3) is 0.462. The van der Waals surface area contributed by atoms with E-state index in [1.165, 1.54) is 0 Å². The molecule has 1 amide bonds. The molecule has 4 nitrogen and oxygen atoms in total. The van der Waals surface area contributed by atoms with Crippen molar-refractivity contribution in [1.29, 1.82) is 0 Å². The van der Waals surface area contributed by atoms with Crippen molar-refractivity contribution < 1.29 is 14.3 Å². The summed E-state index contributed by atoms with van der Waals surface area (Å²) in [6.07, 6.45) is 0. The van der Waals surface area contributed by atoms with Gasteiger partial charge in [0.25, 0.3) is 5.91 Å². The normalized spacial score (nSPS) is 15.8. The molecule has 1 heterocycles. The molecule has 0 aromatic heterocycles. The minimum atomic E-state index is 0.0478. The van der Waals surface area contributed by atoms with E-state index in [4.69, 9.17) is 9.47 Å². The summed E-state index contributed by atoms with van der Waals surface area (Å²) in [4.78, 5) is 14.0. The molecule has 0 spiro atoms. The summed E-state index contributed by atoms with van der Waals surface area (Å²) >= 11 is 0. The van der Waals surface area contributed by atoms with Gasteiger partial charge in [-0.15, -0.1) is 0 Å². The molecule has 0 radical (unpaired) electrons. The molecular formula is C13H17NO3. The SMILES string of the molecule is COc1cc(C(=O)N2CCOCC2)ccc1C. The molecule has 92 valence electrons. The lowest BCUT2D eigenvalue weighted by atomic mass is 10.1. The Kier molecular flexibility index (Phi) is 3.64. The molecule has 1 aromatic rings. The van der Waals surface area contributed by atoms with E-state index in [2.05, 4.69) is 0 Å². The molecule has 1 aromatic carbocycles. The Morgan fingerprint density at radius 2 is 2.06 bits per heavy atom. The molecule has 0 unspecified atom stereocenters. The van der Waals surface area contributed by atoms with E-state index >= 15 is 0 Å². The van der Waals surface area contributed by atoms with Gasteiger partial charge in [0.05, 0.1) is 20.3 Å². The van der Waals surface area contributed by atoms with Crippen LogP contribution in [0.15, 0.2) is 18.2 Å². The van der Waals surface area contributed by atoms with Crippen LogP contribution in [0.25, 0.3) is 0 Å². The summed E-state index contributed by atoms with van der Waals surface area (Å²) in [7, 11) is 1.62. The first-order valence-electron chi connectivity index (χ1n) is 5.74.